The predicted molar refractivity (Wildman–Crippen MR) is 36.3 cm³/mol. The Labute approximate surface area is 57.1 Å². The van der Waals surface area contributed by atoms with Gasteiger partial charge in [-0.2, -0.15) is 0 Å². The summed E-state index contributed by atoms with van der Waals surface area (Å²) in [6, 6.07) is 0. The maximum Gasteiger partial charge on any atom is 0.122 e. The Morgan fingerprint density at radius 3 is 2.00 bits per heavy atom. The molecule has 0 aromatic rings. The van der Waals surface area contributed by atoms with Gasteiger partial charge in [0, 0.05) is 6.21 Å². The molecule has 0 amide bonds. The molecule has 0 bridgehead atoms. The average Bonchev–Trinajstić information content (AvgIpc) is 1.65. The molecule has 0 aromatic heterocycles. The Hall–Kier alpha value is -0.340. The highest BCUT2D eigenvalue weighted by molar-refractivity contribution is 6.68. The zero-order chi connectivity index (χ0) is 6.57. The summed E-state index contributed by atoms with van der Waals surface area (Å²) in [5.41, 5.74) is 0. The second-order valence-electron chi connectivity index (χ2n) is 1.02. The summed E-state index contributed by atoms with van der Waals surface area (Å²) in [6.07, 6.45) is 2.09. The van der Waals surface area contributed by atoms with Crippen LogP contribution in [-0.2, 0) is 0 Å². The highest BCUT2D eigenvalue weighted by atomic mass is 35.5. The van der Waals surface area contributed by atoms with E-state index in [1.165, 1.54) is 6.08 Å². The summed E-state index contributed by atoms with van der Waals surface area (Å²) < 4.78 is 0. The van der Waals surface area contributed by atoms with Crippen LogP contribution in [0, 0.1) is 10.8 Å². The van der Waals surface area contributed by atoms with Crippen molar-refractivity contribution in [1.29, 1.82) is 10.8 Å². The Morgan fingerprint density at radius 1 is 1.38 bits per heavy atom. The summed E-state index contributed by atoms with van der Waals surface area (Å²) in [7, 11) is 0. The number of hydrogen-bond donors (Lipinski definition) is 2. The predicted octanol–water partition coefficient (Wildman–Crippen LogP) is 1.97. The molecule has 2 nitrogen and oxygen atoms in total. The molecule has 0 aliphatic heterocycles. The lowest BCUT2D eigenvalue weighted by molar-refractivity contribution is 1.55. The van der Waals surface area contributed by atoms with Crippen LogP contribution in [0.15, 0.2) is 11.1 Å². The number of nitrogens with one attached hydrogen (secondary N) is 2. The molecule has 0 radical (unpaired) electrons. The van der Waals surface area contributed by atoms with Gasteiger partial charge in [-0.25, -0.2) is 0 Å². The van der Waals surface area contributed by atoms with Crippen LogP contribution in [0.3, 0.4) is 0 Å². The van der Waals surface area contributed by atoms with Gasteiger partial charge in [-0.3, -0.25) is 5.41 Å². The minimum atomic E-state index is -0.168. The molecule has 0 saturated heterocycles. The van der Waals surface area contributed by atoms with Crippen LogP contribution in [0.4, 0.5) is 0 Å². The first-order valence-electron chi connectivity index (χ1n) is 1.78. The van der Waals surface area contributed by atoms with Crippen LogP contribution in [0.25, 0.3) is 0 Å². The van der Waals surface area contributed by atoms with E-state index in [2.05, 4.69) is 0 Å². The minimum Gasteiger partial charge on any atom is -0.307 e. The van der Waals surface area contributed by atoms with Crippen LogP contribution in [0.1, 0.15) is 0 Å². The topological polar surface area (TPSA) is 47.7 Å². The Morgan fingerprint density at radius 2 is 1.88 bits per heavy atom. The lowest BCUT2D eigenvalue weighted by atomic mass is 10.5. The first kappa shape index (κ1) is 7.66. The third kappa shape index (κ3) is 3.84. The van der Waals surface area contributed by atoms with Gasteiger partial charge in [0.1, 0.15) is 5.17 Å². The Balaban J connectivity index is 3.94. The first-order valence-corrected chi connectivity index (χ1v) is 2.54. The molecule has 2 N–H and O–H groups in total. The molecule has 0 aromatic carbocycles. The Kier molecular flexibility index (Phi) is 3.48. The molecule has 44 valence electrons. The molecule has 0 atom stereocenters. The van der Waals surface area contributed by atoms with E-state index >= 15 is 0 Å². The summed E-state index contributed by atoms with van der Waals surface area (Å²) >= 11 is 10.3. The van der Waals surface area contributed by atoms with Crippen molar-refractivity contribution in [1.82, 2.24) is 0 Å². The molecule has 0 saturated carbocycles. The van der Waals surface area contributed by atoms with Crippen molar-refractivity contribution < 1.29 is 0 Å². The summed E-state index contributed by atoms with van der Waals surface area (Å²) in [6.45, 7) is 0. The monoisotopic (exact) mass is 150 g/mol. The molecular weight excluding hydrogens is 147 g/mol. The van der Waals surface area contributed by atoms with Crippen LogP contribution in [-0.4, -0.2) is 11.4 Å². The molecule has 0 aliphatic rings. The third-order valence-corrected chi connectivity index (χ3v) is 0.730. The number of allylic oxidation sites excluding steroid dienone is 2. The van der Waals surface area contributed by atoms with Gasteiger partial charge in [-0.05, 0) is 6.08 Å². The van der Waals surface area contributed by atoms with Crippen molar-refractivity contribution in [2.24, 2.45) is 0 Å². The number of hydrogen-bond acceptors (Lipinski definition) is 2. The van der Waals surface area contributed by atoms with Crippen molar-refractivity contribution >= 4 is 34.6 Å². The first-order chi connectivity index (χ1) is 3.66. The lowest BCUT2D eigenvalue weighted by Crippen LogP contribution is -1.77. The zero-order valence-corrected chi connectivity index (χ0v) is 5.42. The maximum atomic E-state index is 6.63. The van der Waals surface area contributed by atoms with E-state index in [9.17, 15) is 0 Å². The van der Waals surface area contributed by atoms with Gasteiger partial charge in [0.2, 0.25) is 0 Å². The fraction of sp³-hybridized carbons (Fsp3) is 0. The largest absolute Gasteiger partial charge is 0.307 e. The van der Waals surface area contributed by atoms with Gasteiger partial charge in [0.05, 0.1) is 5.03 Å². The second kappa shape index (κ2) is 3.64. The highest BCUT2D eigenvalue weighted by Gasteiger charge is 1.84. The van der Waals surface area contributed by atoms with Crippen LogP contribution < -0.4 is 0 Å². The van der Waals surface area contributed by atoms with Crippen LogP contribution >= 0.6 is 23.2 Å². The van der Waals surface area contributed by atoms with E-state index in [-0.39, 0.29) is 10.2 Å². The fourth-order valence-corrected chi connectivity index (χ4v) is 0.445. The smallest absolute Gasteiger partial charge is 0.122 e. The van der Waals surface area contributed by atoms with E-state index in [1.807, 2.05) is 0 Å². The third-order valence-electron chi connectivity index (χ3n) is 0.402. The molecule has 0 rings (SSSR count). The lowest BCUT2D eigenvalue weighted by Gasteiger charge is -1.80. The molecule has 8 heavy (non-hydrogen) atoms. The summed E-state index contributed by atoms with van der Waals surface area (Å²) in [4.78, 5) is 0. The molecule has 4 heteroatoms. The Bertz CT molecular complexity index is 139. The SMILES string of the molecule is N=C/C(Cl)=C\C(=N)Cl. The van der Waals surface area contributed by atoms with Crippen LogP contribution in [0.5, 0.6) is 0 Å². The van der Waals surface area contributed by atoms with Gasteiger partial charge < -0.3 is 5.41 Å². The molecule has 0 aliphatic carbocycles. The van der Waals surface area contributed by atoms with Crippen LogP contribution in [0.2, 0.25) is 0 Å². The summed E-state index contributed by atoms with van der Waals surface area (Å²) in [5, 5.41) is 13.1. The van der Waals surface area contributed by atoms with E-state index < -0.39 is 0 Å². The van der Waals surface area contributed by atoms with Crippen molar-refractivity contribution in [3.8, 4) is 0 Å². The molecular formula is C4H4Cl2N2. The van der Waals surface area contributed by atoms with Crippen molar-refractivity contribution in [2.45, 2.75) is 0 Å². The normalized spacial score (nSPS) is 11.0. The molecule has 0 fully saturated rings. The fourth-order valence-electron chi connectivity index (χ4n) is 0.163. The second-order valence-corrected chi connectivity index (χ2v) is 1.87. The quantitative estimate of drug-likeness (QED) is 0.567. The van der Waals surface area contributed by atoms with Crippen molar-refractivity contribution in [2.75, 3.05) is 0 Å². The number of rotatable bonds is 2. The minimum absolute atomic E-state index is 0.157. The molecule has 0 heterocycles. The summed E-state index contributed by atoms with van der Waals surface area (Å²) in [5.74, 6) is 0. The number of halogens is 2. The van der Waals surface area contributed by atoms with E-state index in [0.717, 1.165) is 6.21 Å². The van der Waals surface area contributed by atoms with Gasteiger partial charge in [0.15, 0.2) is 0 Å². The van der Waals surface area contributed by atoms with Crippen molar-refractivity contribution in [3.63, 3.8) is 0 Å². The van der Waals surface area contributed by atoms with E-state index in [1.54, 1.807) is 0 Å². The van der Waals surface area contributed by atoms with Gasteiger partial charge in [0.25, 0.3) is 0 Å². The zero-order valence-electron chi connectivity index (χ0n) is 3.91. The van der Waals surface area contributed by atoms with E-state index in [0.29, 0.717) is 0 Å². The standard InChI is InChI=1S/C4H4Cl2N2/c5-3(2-7)1-4(6)8/h1-2,7-8H/b3-1+,7-2?,8-4?. The molecule has 0 unspecified atom stereocenters. The molecule has 0 spiro atoms. The van der Waals surface area contributed by atoms with E-state index in [4.69, 9.17) is 34.0 Å². The van der Waals surface area contributed by atoms with Crippen molar-refractivity contribution in [3.05, 3.63) is 11.1 Å². The average molecular weight is 151 g/mol. The highest BCUT2D eigenvalue weighted by Crippen LogP contribution is 1.97. The maximum absolute atomic E-state index is 6.63. The van der Waals surface area contributed by atoms with Gasteiger partial charge >= 0.3 is 0 Å². The van der Waals surface area contributed by atoms with Gasteiger partial charge in [-0.15, -0.1) is 0 Å². The van der Waals surface area contributed by atoms with Gasteiger partial charge in [-0.1, -0.05) is 23.2 Å².